The first kappa shape index (κ1) is 22.3. The smallest absolute Gasteiger partial charge is 0.232 e. The molecule has 0 spiro atoms. The monoisotopic (exact) mass is 431 g/mol. The van der Waals surface area contributed by atoms with Gasteiger partial charge in [-0.1, -0.05) is 25.4 Å². The normalized spacial score (nSPS) is 19.2. The SMILES string of the molecule is CC(C)(CCCOc1ccc(Cl)cc1)C(=O)NC1CCC(Oc2cnccn2)CC1. The maximum atomic E-state index is 12.8. The Kier molecular flexibility index (Phi) is 7.91. The predicted octanol–water partition coefficient (Wildman–Crippen LogP) is 4.82. The number of halogens is 1. The lowest BCUT2D eigenvalue weighted by Crippen LogP contribution is -2.45. The van der Waals surface area contributed by atoms with Crippen LogP contribution in [0.15, 0.2) is 42.9 Å². The fourth-order valence-corrected chi connectivity index (χ4v) is 3.70. The van der Waals surface area contributed by atoms with Crippen molar-refractivity contribution in [3.05, 3.63) is 47.9 Å². The minimum absolute atomic E-state index is 0.104. The number of rotatable bonds is 9. The summed E-state index contributed by atoms with van der Waals surface area (Å²) < 4.78 is 11.6. The summed E-state index contributed by atoms with van der Waals surface area (Å²) >= 11 is 5.88. The summed E-state index contributed by atoms with van der Waals surface area (Å²) in [6, 6.07) is 7.52. The van der Waals surface area contributed by atoms with Crippen molar-refractivity contribution in [3.8, 4) is 11.6 Å². The van der Waals surface area contributed by atoms with Gasteiger partial charge in [0.1, 0.15) is 11.9 Å². The Morgan fingerprint density at radius 2 is 1.90 bits per heavy atom. The van der Waals surface area contributed by atoms with Crippen LogP contribution in [0.1, 0.15) is 52.4 Å². The minimum atomic E-state index is -0.434. The zero-order valence-electron chi connectivity index (χ0n) is 17.6. The molecule has 1 heterocycles. The van der Waals surface area contributed by atoms with E-state index in [1.807, 2.05) is 26.0 Å². The van der Waals surface area contributed by atoms with E-state index in [1.165, 1.54) is 0 Å². The zero-order chi connectivity index (χ0) is 21.4. The highest BCUT2D eigenvalue weighted by molar-refractivity contribution is 6.30. The van der Waals surface area contributed by atoms with Gasteiger partial charge in [-0.2, -0.15) is 0 Å². The van der Waals surface area contributed by atoms with Gasteiger partial charge in [-0.25, -0.2) is 4.98 Å². The van der Waals surface area contributed by atoms with Crippen LogP contribution in [0.25, 0.3) is 0 Å². The average molecular weight is 432 g/mol. The molecule has 1 aliphatic rings. The van der Waals surface area contributed by atoms with Gasteiger partial charge in [-0.15, -0.1) is 0 Å². The molecule has 3 rings (SSSR count). The van der Waals surface area contributed by atoms with Crippen LogP contribution < -0.4 is 14.8 Å². The Bertz CT molecular complexity index is 791. The summed E-state index contributed by atoms with van der Waals surface area (Å²) in [7, 11) is 0. The number of nitrogens with zero attached hydrogens (tertiary/aromatic N) is 2. The number of aromatic nitrogens is 2. The molecule has 2 aromatic rings. The van der Waals surface area contributed by atoms with E-state index < -0.39 is 5.41 Å². The molecule has 1 aromatic heterocycles. The molecule has 0 saturated heterocycles. The van der Waals surface area contributed by atoms with E-state index in [9.17, 15) is 4.79 Å². The van der Waals surface area contributed by atoms with Crippen LogP contribution in [-0.2, 0) is 4.79 Å². The van der Waals surface area contributed by atoms with Gasteiger partial charge in [0.25, 0.3) is 0 Å². The van der Waals surface area contributed by atoms with Crippen LogP contribution in [0.5, 0.6) is 11.6 Å². The van der Waals surface area contributed by atoms with Crippen LogP contribution >= 0.6 is 11.6 Å². The molecule has 7 heteroatoms. The van der Waals surface area contributed by atoms with Crippen molar-refractivity contribution in [2.45, 2.75) is 64.5 Å². The number of carbonyl (C=O) groups is 1. The van der Waals surface area contributed by atoms with E-state index in [2.05, 4.69) is 15.3 Å². The van der Waals surface area contributed by atoms with E-state index >= 15 is 0 Å². The molecule has 0 aliphatic heterocycles. The van der Waals surface area contributed by atoms with Crippen molar-refractivity contribution in [1.29, 1.82) is 0 Å². The number of ether oxygens (including phenoxy) is 2. The molecule has 0 bridgehead atoms. The van der Waals surface area contributed by atoms with Gasteiger partial charge in [0.15, 0.2) is 0 Å². The molecule has 1 aliphatic carbocycles. The number of hydrogen-bond acceptors (Lipinski definition) is 5. The summed E-state index contributed by atoms with van der Waals surface area (Å²) in [5.41, 5.74) is -0.434. The Balaban J connectivity index is 1.35. The Labute approximate surface area is 183 Å². The van der Waals surface area contributed by atoms with E-state index in [0.29, 0.717) is 17.5 Å². The summed E-state index contributed by atoms with van der Waals surface area (Å²) in [6.07, 6.45) is 10.2. The Hall–Kier alpha value is -2.34. The maximum Gasteiger partial charge on any atom is 0.232 e. The van der Waals surface area contributed by atoms with Crippen molar-refractivity contribution in [3.63, 3.8) is 0 Å². The van der Waals surface area contributed by atoms with E-state index in [-0.39, 0.29) is 18.1 Å². The van der Waals surface area contributed by atoms with Gasteiger partial charge in [0, 0.05) is 28.9 Å². The molecule has 1 fully saturated rings. The lowest BCUT2D eigenvalue weighted by molar-refractivity contribution is -0.130. The molecule has 162 valence electrons. The maximum absolute atomic E-state index is 12.8. The van der Waals surface area contributed by atoms with Gasteiger partial charge < -0.3 is 14.8 Å². The van der Waals surface area contributed by atoms with E-state index in [0.717, 1.165) is 44.3 Å². The molecule has 6 nitrogen and oxygen atoms in total. The Morgan fingerprint density at radius 3 is 2.57 bits per heavy atom. The van der Waals surface area contributed by atoms with Crippen molar-refractivity contribution >= 4 is 17.5 Å². The fraction of sp³-hybridized carbons (Fsp3) is 0.522. The molecule has 1 aromatic carbocycles. The van der Waals surface area contributed by atoms with E-state index in [1.54, 1.807) is 30.7 Å². The highest BCUT2D eigenvalue weighted by atomic mass is 35.5. The van der Waals surface area contributed by atoms with Crippen LogP contribution in [0, 0.1) is 5.41 Å². The van der Waals surface area contributed by atoms with Crippen LogP contribution in [0.3, 0.4) is 0 Å². The van der Waals surface area contributed by atoms with Gasteiger partial charge in [-0.05, 0) is 62.8 Å². The average Bonchev–Trinajstić information content (AvgIpc) is 2.74. The zero-order valence-corrected chi connectivity index (χ0v) is 18.4. The molecule has 1 saturated carbocycles. The first-order valence-corrected chi connectivity index (χ1v) is 10.9. The second-order valence-electron chi connectivity index (χ2n) is 8.40. The summed E-state index contributed by atoms with van der Waals surface area (Å²) in [5.74, 6) is 1.46. The molecule has 0 radical (unpaired) electrons. The third-order valence-corrected chi connectivity index (χ3v) is 5.73. The number of carbonyl (C=O) groups excluding carboxylic acids is 1. The molecular weight excluding hydrogens is 402 g/mol. The van der Waals surface area contributed by atoms with Crippen LogP contribution in [-0.4, -0.2) is 34.6 Å². The topological polar surface area (TPSA) is 73.3 Å². The lowest BCUT2D eigenvalue weighted by Gasteiger charge is -2.32. The predicted molar refractivity (Wildman–Crippen MR) is 117 cm³/mol. The summed E-state index contributed by atoms with van der Waals surface area (Å²) in [5, 5.41) is 3.92. The van der Waals surface area contributed by atoms with Gasteiger partial charge in [0.2, 0.25) is 11.8 Å². The number of amides is 1. The second-order valence-corrected chi connectivity index (χ2v) is 8.83. The molecule has 30 heavy (non-hydrogen) atoms. The minimum Gasteiger partial charge on any atom is -0.494 e. The van der Waals surface area contributed by atoms with Gasteiger partial charge in [0.05, 0.1) is 12.8 Å². The third kappa shape index (κ3) is 6.87. The van der Waals surface area contributed by atoms with Crippen molar-refractivity contribution in [2.24, 2.45) is 5.41 Å². The number of hydrogen-bond donors (Lipinski definition) is 1. The second kappa shape index (κ2) is 10.6. The Morgan fingerprint density at radius 1 is 1.17 bits per heavy atom. The lowest BCUT2D eigenvalue weighted by atomic mass is 9.85. The van der Waals surface area contributed by atoms with Gasteiger partial charge in [-0.3, -0.25) is 9.78 Å². The van der Waals surface area contributed by atoms with Crippen LogP contribution in [0.4, 0.5) is 0 Å². The molecule has 1 amide bonds. The van der Waals surface area contributed by atoms with Crippen LogP contribution in [0.2, 0.25) is 5.02 Å². The third-order valence-electron chi connectivity index (χ3n) is 5.48. The van der Waals surface area contributed by atoms with Crippen molar-refractivity contribution in [2.75, 3.05) is 6.61 Å². The quantitative estimate of drug-likeness (QED) is 0.576. The standard InChI is InChI=1S/C23H30ClN3O3/c1-23(2,12-3-15-29-19-8-4-17(24)5-9-19)22(28)27-18-6-10-20(11-7-18)30-21-16-25-13-14-26-21/h4-5,8-9,13-14,16,18,20H,3,6-7,10-12,15H2,1-2H3,(H,27,28). The highest BCUT2D eigenvalue weighted by Crippen LogP contribution is 2.27. The van der Waals surface area contributed by atoms with Crippen molar-refractivity contribution < 1.29 is 14.3 Å². The van der Waals surface area contributed by atoms with Gasteiger partial charge >= 0.3 is 0 Å². The summed E-state index contributed by atoms with van der Waals surface area (Å²) in [6.45, 7) is 4.56. The molecule has 1 N–H and O–H groups in total. The first-order valence-electron chi connectivity index (χ1n) is 10.5. The fourth-order valence-electron chi connectivity index (χ4n) is 3.57. The number of nitrogens with one attached hydrogen (secondary N) is 1. The number of benzene rings is 1. The largest absolute Gasteiger partial charge is 0.494 e. The molecular formula is C23H30ClN3O3. The van der Waals surface area contributed by atoms with Crippen molar-refractivity contribution in [1.82, 2.24) is 15.3 Å². The highest BCUT2D eigenvalue weighted by Gasteiger charge is 2.31. The first-order chi connectivity index (χ1) is 14.4. The van der Waals surface area contributed by atoms with E-state index in [4.69, 9.17) is 21.1 Å². The summed E-state index contributed by atoms with van der Waals surface area (Å²) in [4.78, 5) is 21.0. The molecule has 0 atom stereocenters. The molecule has 0 unspecified atom stereocenters.